The maximum atomic E-state index is 13.2. The summed E-state index contributed by atoms with van der Waals surface area (Å²) in [5.74, 6) is 0.154. The second-order valence-electron chi connectivity index (χ2n) is 9.99. The van der Waals surface area contributed by atoms with Crippen LogP contribution in [0.1, 0.15) is 46.1 Å². The first kappa shape index (κ1) is 20.0. The first-order valence-electron chi connectivity index (χ1n) is 11.2. The Morgan fingerprint density at radius 2 is 2.00 bits per heavy atom. The Kier molecular flexibility index (Phi) is 3.77. The van der Waals surface area contributed by atoms with Crippen molar-refractivity contribution in [3.05, 3.63) is 62.6 Å². The van der Waals surface area contributed by atoms with Crippen LogP contribution in [0.3, 0.4) is 0 Å². The average Bonchev–Trinajstić information content (AvgIpc) is 3.15. The number of carbonyl (C=O) groups excluding carboxylic acids is 1. The fourth-order valence-electron chi connectivity index (χ4n) is 7.86. The van der Waals surface area contributed by atoms with Gasteiger partial charge in [0.2, 0.25) is 0 Å². The van der Waals surface area contributed by atoms with E-state index in [-0.39, 0.29) is 22.6 Å². The fourth-order valence-corrected chi connectivity index (χ4v) is 7.86. The molecular weight excluding hydrogens is 408 g/mol. The number of fused-ring (bicyclic) bond motifs is 3. The van der Waals surface area contributed by atoms with E-state index < -0.39 is 17.0 Å². The highest BCUT2D eigenvalue weighted by Crippen LogP contribution is 2.72. The van der Waals surface area contributed by atoms with Crippen LogP contribution in [-0.2, 0) is 35.0 Å². The van der Waals surface area contributed by atoms with E-state index in [0.717, 1.165) is 35.5 Å². The van der Waals surface area contributed by atoms with Gasteiger partial charge in [0.05, 0.1) is 25.9 Å². The van der Waals surface area contributed by atoms with Crippen molar-refractivity contribution >= 4 is 5.97 Å². The summed E-state index contributed by atoms with van der Waals surface area (Å²) in [7, 11) is 5.03. The van der Waals surface area contributed by atoms with Crippen LogP contribution in [0, 0.1) is 0 Å². The number of aromatic nitrogens is 1. The number of likely N-dealkylation sites (N-methyl/N-ethyl adjacent to an activating group) is 1. The Bertz CT molecular complexity index is 1250. The Hall–Kier alpha value is -2.64. The van der Waals surface area contributed by atoms with E-state index >= 15 is 0 Å². The number of methoxy groups -OCH3 is 2. The predicted octanol–water partition coefficient (Wildman–Crippen LogP) is 1.40. The van der Waals surface area contributed by atoms with E-state index in [4.69, 9.17) is 9.47 Å². The molecule has 1 aliphatic heterocycles. The molecule has 2 bridgehead atoms. The molecule has 4 atom stereocenters. The average molecular weight is 437 g/mol. The number of hydrogen-bond acceptors (Lipinski definition) is 6. The lowest BCUT2D eigenvalue weighted by Gasteiger charge is -2.61. The van der Waals surface area contributed by atoms with Crippen molar-refractivity contribution in [1.82, 2.24) is 9.47 Å². The number of benzene rings is 1. The molecule has 32 heavy (non-hydrogen) atoms. The molecule has 6 rings (SSSR count). The summed E-state index contributed by atoms with van der Waals surface area (Å²) in [5.41, 5.74) is 2.40. The molecule has 3 aliphatic carbocycles. The van der Waals surface area contributed by atoms with Crippen LogP contribution < -0.4 is 10.3 Å². The van der Waals surface area contributed by atoms with Gasteiger partial charge in [-0.05, 0) is 55.3 Å². The van der Waals surface area contributed by atoms with Gasteiger partial charge >= 0.3 is 5.97 Å². The summed E-state index contributed by atoms with van der Waals surface area (Å²) in [6.07, 6.45) is 1.83. The molecule has 1 saturated heterocycles. The van der Waals surface area contributed by atoms with Crippen molar-refractivity contribution in [1.29, 1.82) is 0 Å². The summed E-state index contributed by atoms with van der Waals surface area (Å²) < 4.78 is 12.1. The van der Waals surface area contributed by atoms with Gasteiger partial charge in [-0.1, -0.05) is 6.07 Å². The minimum Gasteiger partial charge on any atom is -0.497 e. The van der Waals surface area contributed by atoms with Gasteiger partial charge in [0, 0.05) is 42.5 Å². The lowest BCUT2D eigenvalue weighted by Crippen LogP contribution is -2.74. The maximum absolute atomic E-state index is 13.2. The molecule has 1 aromatic carbocycles. The molecule has 0 radical (unpaired) electrons. The quantitative estimate of drug-likeness (QED) is 0.733. The summed E-state index contributed by atoms with van der Waals surface area (Å²) in [5, 5.41) is 12.4. The molecular formula is C25H28N2O5. The van der Waals surface area contributed by atoms with Crippen LogP contribution in [0.25, 0.3) is 0 Å². The van der Waals surface area contributed by atoms with Gasteiger partial charge in [-0.25, -0.2) is 4.79 Å². The number of likely N-dealkylation sites (tertiary alicyclic amines) is 1. The largest absolute Gasteiger partial charge is 0.497 e. The molecule has 1 unspecified atom stereocenters. The predicted molar refractivity (Wildman–Crippen MR) is 117 cm³/mol. The number of esters is 1. The van der Waals surface area contributed by atoms with E-state index in [1.54, 1.807) is 17.7 Å². The third-order valence-corrected chi connectivity index (χ3v) is 8.81. The highest BCUT2D eigenvalue weighted by molar-refractivity contribution is 5.89. The topological polar surface area (TPSA) is 81.0 Å². The zero-order chi connectivity index (χ0) is 22.6. The van der Waals surface area contributed by atoms with Crippen molar-refractivity contribution < 1.29 is 19.4 Å². The summed E-state index contributed by atoms with van der Waals surface area (Å²) >= 11 is 0. The number of aliphatic hydroxyl groups is 1. The molecule has 0 amide bonds. The molecule has 2 aromatic rings. The van der Waals surface area contributed by atoms with Gasteiger partial charge < -0.3 is 19.1 Å². The SMILES string of the molecule is CCn1c2c(cc(C(=O)OC)c1=O)C[C@@]1(O)[C@@H]3N(C)CC34C[C@@]1(C2)c1cc(OC)ccc14. The fraction of sp³-hybridized carbons (Fsp3) is 0.520. The Labute approximate surface area is 186 Å². The van der Waals surface area contributed by atoms with Crippen molar-refractivity contribution in [2.75, 3.05) is 27.8 Å². The monoisotopic (exact) mass is 436 g/mol. The minimum atomic E-state index is -0.990. The van der Waals surface area contributed by atoms with Crippen LogP contribution in [0.15, 0.2) is 29.1 Å². The van der Waals surface area contributed by atoms with Gasteiger partial charge in [-0.3, -0.25) is 9.69 Å². The standard InChI is InChI=1S/C25H28N2O5/c1-5-27-19-11-24-12-23(17-7-6-15(31-3)9-18(17)24)13-26(2)22(23)25(24,30)10-14(19)8-16(20(27)28)21(29)32-4/h6-9,22,30H,5,10-13H2,1-4H3/t22-,23?,24+,25-/m1/s1. The number of rotatable bonds is 3. The number of pyridine rings is 1. The summed E-state index contributed by atoms with van der Waals surface area (Å²) in [4.78, 5) is 27.7. The van der Waals surface area contributed by atoms with E-state index in [1.165, 1.54) is 12.7 Å². The third-order valence-electron chi connectivity index (χ3n) is 8.81. The zero-order valence-corrected chi connectivity index (χ0v) is 18.9. The molecule has 7 heteroatoms. The molecule has 2 spiro atoms. The normalized spacial score (nSPS) is 33.6. The van der Waals surface area contributed by atoms with Crippen LogP contribution in [0.4, 0.5) is 0 Å². The smallest absolute Gasteiger partial charge is 0.343 e. The van der Waals surface area contributed by atoms with Crippen molar-refractivity contribution in [2.24, 2.45) is 0 Å². The molecule has 2 heterocycles. The Morgan fingerprint density at radius 1 is 1.22 bits per heavy atom. The molecule has 1 saturated carbocycles. The van der Waals surface area contributed by atoms with E-state index in [1.807, 2.05) is 13.0 Å². The Morgan fingerprint density at radius 3 is 2.66 bits per heavy atom. The number of hydrogen-bond donors (Lipinski definition) is 1. The van der Waals surface area contributed by atoms with Crippen LogP contribution in [0.5, 0.6) is 5.75 Å². The number of carbonyl (C=O) groups is 1. The molecule has 168 valence electrons. The molecule has 4 aliphatic rings. The van der Waals surface area contributed by atoms with Crippen molar-refractivity contribution in [2.45, 2.75) is 55.2 Å². The van der Waals surface area contributed by atoms with E-state index in [2.05, 4.69) is 24.1 Å². The third kappa shape index (κ3) is 1.97. The maximum Gasteiger partial charge on any atom is 0.343 e. The lowest BCUT2D eigenvalue weighted by atomic mass is 9.55. The number of ether oxygens (including phenoxy) is 2. The zero-order valence-electron chi connectivity index (χ0n) is 18.9. The highest BCUT2D eigenvalue weighted by Gasteiger charge is 2.80. The highest BCUT2D eigenvalue weighted by atomic mass is 16.5. The van der Waals surface area contributed by atoms with Crippen molar-refractivity contribution in [3.63, 3.8) is 0 Å². The first-order chi connectivity index (χ1) is 15.3. The summed E-state index contributed by atoms with van der Waals surface area (Å²) in [6, 6.07) is 7.94. The van der Waals surface area contributed by atoms with Gasteiger partial charge in [0.15, 0.2) is 0 Å². The van der Waals surface area contributed by atoms with E-state index in [0.29, 0.717) is 19.4 Å². The molecule has 7 nitrogen and oxygen atoms in total. The van der Waals surface area contributed by atoms with Gasteiger partial charge in [0.1, 0.15) is 11.3 Å². The second kappa shape index (κ2) is 6.02. The molecule has 1 N–H and O–H groups in total. The molecule has 1 aromatic heterocycles. The Balaban J connectivity index is 1.62. The van der Waals surface area contributed by atoms with Gasteiger partial charge in [-0.2, -0.15) is 0 Å². The van der Waals surface area contributed by atoms with Crippen LogP contribution >= 0.6 is 0 Å². The van der Waals surface area contributed by atoms with Crippen LogP contribution in [-0.4, -0.2) is 60.0 Å². The second-order valence-corrected chi connectivity index (χ2v) is 9.99. The van der Waals surface area contributed by atoms with Crippen molar-refractivity contribution in [3.8, 4) is 5.75 Å². The number of nitrogens with zero attached hydrogens (tertiary/aromatic N) is 2. The van der Waals surface area contributed by atoms with E-state index in [9.17, 15) is 14.7 Å². The molecule has 2 fully saturated rings. The minimum absolute atomic E-state index is 0.00706. The first-order valence-corrected chi connectivity index (χ1v) is 11.2. The lowest BCUT2D eigenvalue weighted by molar-refractivity contribution is -0.126. The van der Waals surface area contributed by atoms with Gasteiger partial charge in [-0.15, -0.1) is 0 Å². The summed E-state index contributed by atoms with van der Waals surface area (Å²) in [6.45, 7) is 3.28. The van der Waals surface area contributed by atoms with Crippen LogP contribution in [0.2, 0.25) is 0 Å². The van der Waals surface area contributed by atoms with Gasteiger partial charge in [0.25, 0.3) is 5.56 Å².